The van der Waals surface area contributed by atoms with E-state index in [1.807, 2.05) is 47.4 Å². The first-order chi connectivity index (χ1) is 15.3. The molecule has 1 aromatic carbocycles. The number of nitrogens with zero attached hydrogens (tertiary/aromatic N) is 9. The van der Waals surface area contributed by atoms with Crippen LogP contribution in [0.3, 0.4) is 0 Å². The normalized spacial score (nSPS) is 13.9. The van der Waals surface area contributed by atoms with E-state index in [1.54, 1.807) is 18.5 Å². The molecule has 1 saturated heterocycles. The van der Waals surface area contributed by atoms with Gasteiger partial charge in [0.25, 0.3) is 5.91 Å². The van der Waals surface area contributed by atoms with Crippen molar-refractivity contribution in [1.29, 1.82) is 0 Å². The summed E-state index contributed by atoms with van der Waals surface area (Å²) in [5, 5.41) is 19.9. The van der Waals surface area contributed by atoms with Crippen molar-refractivity contribution in [1.82, 2.24) is 40.3 Å². The molecule has 4 heterocycles. The van der Waals surface area contributed by atoms with Gasteiger partial charge in [-0.15, -0.1) is 15.3 Å². The molecule has 0 bridgehead atoms. The van der Waals surface area contributed by atoms with E-state index in [2.05, 4.69) is 35.6 Å². The van der Waals surface area contributed by atoms with E-state index in [0.29, 0.717) is 31.7 Å². The minimum absolute atomic E-state index is 0.00687. The molecule has 3 aromatic heterocycles. The Labute approximate surface area is 178 Å². The molecule has 10 heteroatoms. The van der Waals surface area contributed by atoms with Crippen LogP contribution < -0.4 is 4.90 Å². The van der Waals surface area contributed by atoms with Gasteiger partial charge in [-0.1, -0.05) is 6.07 Å². The molecular weight excluding hydrogens is 394 g/mol. The van der Waals surface area contributed by atoms with E-state index in [0.717, 1.165) is 22.8 Å². The zero-order valence-electron chi connectivity index (χ0n) is 16.6. The Hall–Kier alpha value is -4.21. The van der Waals surface area contributed by atoms with E-state index in [9.17, 15) is 4.79 Å². The number of rotatable bonds is 4. The van der Waals surface area contributed by atoms with Gasteiger partial charge in [-0.3, -0.25) is 9.78 Å². The molecule has 0 unspecified atom stereocenters. The Bertz CT molecular complexity index is 1160. The summed E-state index contributed by atoms with van der Waals surface area (Å²) in [7, 11) is 0. The van der Waals surface area contributed by atoms with Crippen LogP contribution in [-0.2, 0) is 0 Å². The standard InChI is InChI=1S/C21H19N9O/c31-21(16-3-1-5-18(13-16)30-15-23-26-27-30)29-11-9-28(10-12-29)20-7-6-19(24-25-20)17-4-2-8-22-14-17/h1-8,13-15H,9-12H2. The smallest absolute Gasteiger partial charge is 0.254 e. The van der Waals surface area contributed by atoms with Crippen molar-refractivity contribution in [3.8, 4) is 16.9 Å². The maximum Gasteiger partial charge on any atom is 0.254 e. The maximum atomic E-state index is 13.0. The number of amides is 1. The first-order valence-corrected chi connectivity index (χ1v) is 9.90. The van der Waals surface area contributed by atoms with E-state index in [-0.39, 0.29) is 5.91 Å². The molecule has 1 fully saturated rings. The molecule has 0 spiro atoms. The van der Waals surface area contributed by atoms with Gasteiger partial charge in [0.1, 0.15) is 6.33 Å². The summed E-state index contributed by atoms with van der Waals surface area (Å²) in [6, 6.07) is 15.0. The van der Waals surface area contributed by atoms with Crippen LogP contribution in [0.2, 0.25) is 0 Å². The highest BCUT2D eigenvalue weighted by Crippen LogP contribution is 2.19. The Morgan fingerprint density at radius 1 is 0.935 bits per heavy atom. The number of carbonyl (C=O) groups excluding carboxylic acids is 1. The van der Waals surface area contributed by atoms with Crippen LogP contribution in [0.25, 0.3) is 16.9 Å². The molecule has 4 aromatic rings. The van der Waals surface area contributed by atoms with Gasteiger partial charge in [0, 0.05) is 49.7 Å². The lowest BCUT2D eigenvalue weighted by atomic mass is 10.1. The van der Waals surface area contributed by atoms with Gasteiger partial charge in [0.05, 0.1) is 11.4 Å². The molecular formula is C21H19N9O. The van der Waals surface area contributed by atoms with Crippen molar-refractivity contribution in [2.45, 2.75) is 0 Å². The number of piperazine rings is 1. The van der Waals surface area contributed by atoms with Gasteiger partial charge in [0.15, 0.2) is 5.82 Å². The number of hydrogen-bond acceptors (Lipinski definition) is 8. The minimum Gasteiger partial charge on any atom is -0.352 e. The molecule has 1 amide bonds. The Balaban J connectivity index is 1.23. The van der Waals surface area contributed by atoms with Crippen LogP contribution in [0.4, 0.5) is 5.82 Å². The molecule has 5 rings (SSSR count). The number of carbonyl (C=O) groups is 1. The van der Waals surface area contributed by atoms with Gasteiger partial charge in [-0.05, 0) is 52.9 Å². The number of hydrogen-bond donors (Lipinski definition) is 0. The van der Waals surface area contributed by atoms with Crippen LogP contribution in [0, 0.1) is 0 Å². The van der Waals surface area contributed by atoms with Gasteiger partial charge in [0.2, 0.25) is 0 Å². The van der Waals surface area contributed by atoms with Crippen LogP contribution in [0.1, 0.15) is 10.4 Å². The number of pyridine rings is 1. The lowest BCUT2D eigenvalue weighted by Gasteiger charge is -2.35. The molecule has 0 saturated carbocycles. The van der Waals surface area contributed by atoms with Crippen LogP contribution in [0.15, 0.2) is 67.3 Å². The summed E-state index contributed by atoms with van der Waals surface area (Å²) in [4.78, 5) is 21.1. The first-order valence-electron chi connectivity index (χ1n) is 9.90. The summed E-state index contributed by atoms with van der Waals surface area (Å²) < 4.78 is 1.53. The van der Waals surface area contributed by atoms with Crippen LogP contribution in [0.5, 0.6) is 0 Å². The molecule has 31 heavy (non-hydrogen) atoms. The number of benzene rings is 1. The highest BCUT2D eigenvalue weighted by Gasteiger charge is 2.23. The molecule has 0 atom stereocenters. The SMILES string of the molecule is O=C(c1cccc(-n2cnnn2)c1)N1CCN(c2ccc(-c3cccnc3)nn2)CC1. The van der Waals surface area contributed by atoms with E-state index >= 15 is 0 Å². The van der Waals surface area contributed by atoms with Crippen molar-refractivity contribution >= 4 is 11.7 Å². The Morgan fingerprint density at radius 2 is 1.84 bits per heavy atom. The van der Waals surface area contributed by atoms with Gasteiger partial charge in [-0.25, -0.2) is 4.68 Å². The second-order valence-corrected chi connectivity index (χ2v) is 7.10. The fraction of sp³-hybridized carbons (Fsp3) is 0.190. The van der Waals surface area contributed by atoms with Gasteiger partial charge in [-0.2, -0.15) is 0 Å². The van der Waals surface area contributed by atoms with Crippen molar-refractivity contribution in [3.05, 3.63) is 72.8 Å². The predicted octanol–water partition coefficient (Wildman–Crippen LogP) is 1.48. The van der Waals surface area contributed by atoms with E-state index in [4.69, 9.17) is 0 Å². The van der Waals surface area contributed by atoms with Crippen molar-refractivity contribution in [2.75, 3.05) is 31.1 Å². The summed E-state index contributed by atoms with van der Waals surface area (Å²) in [6.07, 6.45) is 5.00. The third kappa shape index (κ3) is 3.95. The maximum absolute atomic E-state index is 13.0. The summed E-state index contributed by atoms with van der Waals surface area (Å²) >= 11 is 0. The Kier molecular flexibility index (Phi) is 5.01. The fourth-order valence-electron chi connectivity index (χ4n) is 3.54. The van der Waals surface area contributed by atoms with Crippen molar-refractivity contribution in [3.63, 3.8) is 0 Å². The highest BCUT2D eigenvalue weighted by molar-refractivity contribution is 5.95. The topological polar surface area (TPSA) is 106 Å². The predicted molar refractivity (Wildman–Crippen MR) is 113 cm³/mol. The Morgan fingerprint density at radius 3 is 2.55 bits per heavy atom. The second-order valence-electron chi connectivity index (χ2n) is 7.10. The average molecular weight is 413 g/mol. The number of tetrazole rings is 1. The highest BCUT2D eigenvalue weighted by atomic mass is 16.2. The molecule has 1 aliphatic heterocycles. The summed E-state index contributed by atoms with van der Waals surface area (Å²) in [6.45, 7) is 2.61. The van der Waals surface area contributed by atoms with E-state index < -0.39 is 0 Å². The molecule has 0 aliphatic carbocycles. The van der Waals surface area contributed by atoms with Crippen molar-refractivity contribution in [2.24, 2.45) is 0 Å². The quantitative estimate of drug-likeness (QED) is 0.495. The average Bonchev–Trinajstić information content (AvgIpc) is 3.40. The number of anilines is 1. The molecule has 0 N–H and O–H groups in total. The van der Waals surface area contributed by atoms with Gasteiger partial charge >= 0.3 is 0 Å². The third-order valence-corrected chi connectivity index (χ3v) is 5.21. The lowest BCUT2D eigenvalue weighted by molar-refractivity contribution is 0.0746. The monoisotopic (exact) mass is 413 g/mol. The fourth-order valence-corrected chi connectivity index (χ4v) is 3.54. The third-order valence-electron chi connectivity index (χ3n) is 5.21. The molecule has 10 nitrogen and oxygen atoms in total. The largest absolute Gasteiger partial charge is 0.352 e. The second kappa shape index (κ2) is 8.27. The summed E-state index contributed by atoms with van der Waals surface area (Å²) in [5.41, 5.74) is 3.08. The molecule has 154 valence electrons. The zero-order valence-corrected chi connectivity index (χ0v) is 16.6. The zero-order chi connectivity index (χ0) is 21.0. The lowest BCUT2D eigenvalue weighted by Crippen LogP contribution is -2.49. The van der Waals surface area contributed by atoms with Crippen LogP contribution in [-0.4, -0.2) is 72.4 Å². The minimum atomic E-state index is -0.00687. The van der Waals surface area contributed by atoms with Gasteiger partial charge < -0.3 is 9.80 Å². The molecule has 1 aliphatic rings. The van der Waals surface area contributed by atoms with Crippen molar-refractivity contribution < 1.29 is 4.79 Å². The number of aromatic nitrogens is 7. The van der Waals surface area contributed by atoms with E-state index in [1.165, 1.54) is 11.0 Å². The van der Waals surface area contributed by atoms with Crippen LogP contribution >= 0.6 is 0 Å². The molecule has 0 radical (unpaired) electrons. The summed E-state index contributed by atoms with van der Waals surface area (Å²) in [5.74, 6) is 0.799. The first kappa shape index (κ1) is 18.8.